The number of hydrogen-bond donors (Lipinski definition) is 3. The van der Waals surface area contributed by atoms with Crippen LogP contribution in [0, 0.1) is 6.92 Å². The molecule has 0 fully saturated rings. The summed E-state index contributed by atoms with van der Waals surface area (Å²) in [4.78, 5) is 10.8. The first kappa shape index (κ1) is 17.6. The minimum absolute atomic E-state index is 0.109. The number of carboxylic acid groups (broad SMARTS) is 1. The Kier molecular flexibility index (Phi) is 5.73. The molecular formula is C11H13Br2NO5S. The molecule has 1 rings (SSSR count). The fourth-order valence-electron chi connectivity index (χ4n) is 1.42. The first-order chi connectivity index (χ1) is 9.06. The Labute approximate surface area is 133 Å². The van der Waals surface area contributed by atoms with Gasteiger partial charge in [0.1, 0.15) is 6.04 Å². The molecule has 1 aromatic rings. The van der Waals surface area contributed by atoms with E-state index in [4.69, 9.17) is 5.11 Å². The molecule has 20 heavy (non-hydrogen) atoms. The van der Waals surface area contributed by atoms with Crippen LogP contribution in [0.15, 0.2) is 26.0 Å². The molecule has 0 saturated carbocycles. The van der Waals surface area contributed by atoms with Crippen LogP contribution in [0.1, 0.15) is 12.5 Å². The van der Waals surface area contributed by atoms with E-state index in [1.165, 1.54) is 13.0 Å². The van der Waals surface area contributed by atoms with Crippen LogP contribution in [-0.2, 0) is 14.8 Å². The smallest absolute Gasteiger partial charge is 0.324 e. The summed E-state index contributed by atoms with van der Waals surface area (Å²) in [5.74, 6) is -1.45. The van der Waals surface area contributed by atoms with E-state index in [0.717, 1.165) is 5.56 Å². The second-order valence-electron chi connectivity index (χ2n) is 4.21. The van der Waals surface area contributed by atoms with Gasteiger partial charge in [-0.2, -0.15) is 4.72 Å². The Balaban J connectivity index is 3.24. The fraction of sp³-hybridized carbons (Fsp3) is 0.364. The van der Waals surface area contributed by atoms with Crippen LogP contribution < -0.4 is 4.72 Å². The second kappa shape index (κ2) is 6.52. The minimum atomic E-state index is -4.09. The zero-order valence-corrected chi connectivity index (χ0v) is 14.6. The molecule has 0 aliphatic rings. The monoisotopic (exact) mass is 429 g/mol. The summed E-state index contributed by atoms with van der Waals surface area (Å²) < 4.78 is 27.2. The van der Waals surface area contributed by atoms with E-state index in [0.29, 0.717) is 8.95 Å². The number of aliphatic hydroxyl groups excluding tert-OH is 1. The number of hydrogen-bond acceptors (Lipinski definition) is 4. The molecule has 0 bridgehead atoms. The lowest BCUT2D eigenvalue weighted by molar-refractivity contribution is -0.141. The highest BCUT2D eigenvalue weighted by atomic mass is 79.9. The van der Waals surface area contributed by atoms with E-state index in [1.807, 2.05) is 4.72 Å². The standard InChI is InChI=1S/C11H13Br2NO5S/c1-5-3-8(13)9(4-7(5)12)20(18,19)14-10(6(2)15)11(16)17/h3-4,6,10,14-15H,1-2H3,(H,16,17)/t6-,10+/m1/s1. The molecule has 0 radical (unpaired) electrons. The number of carboxylic acids is 1. The molecule has 0 aliphatic carbocycles. The van der Waals surface area contributed by atoms with Gasteiger partial charge in [-0.05, 0) is 47.5 Å². The number of benzene rings is 1. The predicted molar refractivity (Wildman–Crippen MR) is 80.0 cm³/mol. The van der Waals surface area contributed by atoms with Gasteiger partial charge in [-0.15, -0.1) is 0 Å². The number of aliphatic hydroxyl groups is 1. The predicted octanol–water partition coefficient (Wildman–Crippen LogP) is 1.63. The Morgan fingerprint density at radius 2 is 1.85 bits per heavy atom. The molecule has 0 saturated heterocycles. The van der Waals surface area contributed by atoms with E-state index in [9.17, 15) is 18.3 Å². The maximum absolute atomic E-state index is 12.2. The number of aryl methyl sites for hydroxylation is 1. The Bertz CT molecular complexity index is 630. The number of rotatable bonds is 5. The summed E-state index contributed by atoms with van der Waals surface area (Å²) in [5.41, 5.74) is 0.820. The summed E-state index contributed by atoms with van der Waals surface area (Å²) in [6.07, 6.45) is -1.37. The van der Waals surface area contributed by atoms with Crippen molar-refractivity contribution in [3.8, 4) is 0 Å². The zero-order valence-electron chi connectivity index (χ0n) is 10.6. The normalized spacial score (nSPS) is 14.8. The molecule has 1 aromatic carbocycles. The largest absolute Gasteiger partial charge is 0.480 e. The fourth-order valence-corrected chi connectivity index (χ4v) is 4.36. The van der Waals surface area contributed by atoms with E-state index in [2.05, 4.69) is 31.9 Å². The molecule has 2 atom stereocenters. The van der Waals surface area contributed by atoms with Crippen molar-refractivity contribution in [2.45, 2.75) is 30.9 Å². The van der Waals surface area contributed by atoms with E-state index < -0.39 is 28.1 Å². The van der Waals surface area contributed by atoms with Gasteiger partial charge in [0.25, 0.3) is 0 Å². The van der Waals surface area contributed by atoms with E-state index in [-0.39, 0.29) is 4.90 Å². The highest BCUT2D eigenvalue weighted by molar-refractivity contribution is 9.11. The van der Waals surface area contributed by atoms with Crippen molar-refractivity contribution in [2.75, 3.05) is 0 Å². The third kappa shape index (κ3) is 4.01. The SMILES string of the molecule is Cc1cc(Br)c(S(=O)(=O)N[C@H](C(=O)O)[C@@H](C)O)cc1Br. The summed E-state index contributed by atoms with van der Waals surface area (Å²) >= 11 is 6.35. The van der Waals surface area contributed by atoms with Crippen molar-refractivity contribution in [1.29, 1.82) is 0 Å². The number of sulfonamides is 1. The summed E-state index contributed by atoms with van der Waals surface area (Å²) in [7, 11) is -4.09. The molecular weight excluding hydrogens is 418 g/mol. The highest BCUT2D eigenvalue weighted by Gasteiger charge is 2.30. The van der Waals surface area contributed by atoms with Gasteiger partial charge in [-0.1, -0.05) is 15.9 Å². The lowest BCUT2D eigenvalue weighted by atomic mass is 10.2. The molecule has 0 unspecified atom stereocenters. The van der Waals surface area contributed by atoms with Gasteiger partial charge in [0.2, 0.25) is 10.0 Å². The molecule has 9 heteroatoms. The van der Waals surface area contributed by atoms with Crippen molar-refractivity contribution < 1.29 is 23.4 Å². The maximum Gasteiger partial charge on any atom is 0.324 e. The zero-order chi connectivity index (χ0) is 15.7. The highest BCUT2D eigenvalue weighted by Crippen LogP contribution is 2.28. The molecule has 0 aromatic heterocycles. The third-order valence-electron chi connectivity index (χ3n) is 2.53. The lowest BCUT2D eigenvalue weighted by Crippen LogP contribution is -2.47. The number of aliphatic carboxylic acids is 1. The molecule has 0 spiro atoms. The average molecular weight is 431 g/mol. The van der Waals surface area contributed by atoms with Crippen LogP contribution in [0.2, 0.25) is 0 Å². The Hall–Kier alpha value is -0.480. The van der Waals surface area contributed by atoms with Crippen LogP contribution in [0.4, 0.5) is 0 Å². The number of carbonyl (C=O) groups is 1. The van der Waals surface area contributed by atoms with Gasteiger partial charge in [0.05, 0.1) is 11.0 Å². The summed E-state index contributed by atoms with van der Waals surface area (Å²) in [5, 5.41) is 18.2. The number of nitrogens with one attached hydrogen (secondary N) is 1. The van der Waals surface area contributed by atoms with Crippen LogP contribution in [0.3, 0.4) is 0 Å². The van der Waals surface area contributed by atoms with Crippen molar-refractivity contribution >= 4 is 47.9 Å². The second-order valence-corrected chi connectivity index (χ2v) is 7.60. The lowest BCUT2D eigenvalue weighted by Gasteiger charge is -2.18. The number of halogens is 2. The molecule has 0 amide bonds. The van der Waals surface area contributed by atoms with Gasteiger partial charge in [0, 0.05) is 8.95 Å². The molecule has 112 valence electrons. The van der Waals surface area contributed by atoms with Crippen molar-refractivity contribution in [1.82, 2.24) is 4.72 Å². The Morgan fingerprint density at radius 1 is 1.30 bits per heavy atom. The first-order valence-corrected chi connectivity index (χ1v) is 8.52. The van der Waals surface area contributed by atoms with Gasteiger partial charge in [-0.3, -0.25) is 4.79 Å². The van der Waals surface area contributed by atoms with Crippen LogP contribution in [0.5, 0.6) is 0 Å². The third-order valence-corrected chi connectivity index (χ3v) is 5.79. The van der Waals surface area contributed by atoms with E-state index in [1.54, 1.807) is 13.0 Å². The summed E-state index contributed by atoms with van der Waals surface area (Å²) in [6, 6.07) is 1.34. The van der Waals surface area contributed by atoms with Gasteiger partial charge >= 0.3 is 5.97 Å². The summed E-state index contributed by atoms with van der Waals surface area (Å²) in [6.45, 7) is 2.98. The van der Waals surface area contributed by atoms with Crippen molar-refractivity contribution in [3.63, 3.8) is 0 Å². The van der Waals surface area contributed by atoms with Gasteiger partial charge in [-0.25, -0.2) is 8.42 Å². The van der Waals surface area contributed by atoms with Crippen LogP contribution in [-0.4, -0.2) is 36.7 Å². The maximum atomic E-state index is 12.2. The van der Waals surface area contributed by atoms with Crippen molar-refractivity contribution in [2.24, 2.45) is 0 Å². The molecule has 0 heterocycles. The minimum Gasteiger partial charge on any atom is -0.480 e. The van der Waals surface area contributed by atoms with Crippen molar-refractivity contribution in [3.05, 3.63) is 26.6 Å². The average Bonchev–Trinajstić information content (AvgIpc) is 2.30. The quantitative estimate of drug-likeness (QED) is 0.658. The van der Waals surface area contributed by atoms with Crippen LogP contribution in [0.25, 0.3) is 0 Å². The van der Waals surface area contributed by atoms with E-state index >= 15 is 0 Å². The van der Waals surface area contributed by atoms with Gasteiger partial charge < -0.3 is 10.2 Å². The topological polar surface area (TPSA) is 104 Å². The van der Waals surface area contributed by atoms with Crippen LogP contribution >= 0.6 is 31.9 Å². The van der Waals surface area contributed by atoms with Gasteiger partial charge in [0.15, 0.2) is 0 Å². The first-order valence-electron chi connectivity index (χ1n) is 5.45. The Morgan fingerprint density at radius 3 is 2.30 bits per heavy atom. The molecule has 3 N–H and O–H groups in total. The molecule has 6 nitrogen and oxygen atoms in total. The molecule has 0 aliphatic heterocycles.